The largest absolute Gasteiger partial charge is 0.472 e. The van der Waals surface area contributed by atoms with E-state index in [2.05, 4.69) is 89.7 Å². The number of unbranched alkanes of at least 4 members (excludes halogenated alkanes) is 7. The second-order valence-electron chi connectivity index (χ2n) is 14.9. The Morgan fingerprint density at radius 2 is 1.02 bits per heavy atom. The van der Waals surface area contributed by atoms with Crippen molar-refractivity contribution < 1.29 is 71.8 Å². The van der Waals surface area contributed by atoms with Gasteiger partial charge in [0.05, 0.1) is 32.0 Å². The standard InChI is InChI=1S/C46H78O15P2/c1-3-5-7-9-11-13-15-17-18-19-20-21-23-25-27-29-31-35-46(51)61-42(40-60-63(55,56)59-38-41(47)37-58-62(52,53)54)39-57-45(50)36-32-34-44(49)43(48)33-30-28-26-24-22-16-14-12-10-8-6-4-2/h5,7,11-14,17-18,20-22,24,28,30,41-44,47-49H,3-4,6,8-10,15-16,19,23,25-27,29,31-40H2,1-2H3,(H,55,56)(H2,52,53,54)/b7-5-,13-11-,14-12-,18-17-,21-20-,24-22-,30-28-/t41-,42+,43?,44?/m0/s1. The predicted octanol–water partition coefficient (Wildman–Crippen LogP) is 9.50. The van der Waals surface area contributed by atoms with Crippen molar-refractivity contribution in [2.75, 3.05) is 26.4 Å². The van der Waals surface area contributed by atoms with Gasteiger partial charge in [-0.25, -0.2) is 9.13 Å². The van der Waals surface area contributed by atoms with Crippen molar-refractivity contribution >= 4 is 27.6 Å². The molecule has 0 fully saturated rings. The minimum absolute atomic E-state index is 0.0381. The van der Waals surface area contributed by atoms with E-state index in [9.17, 15) is 38.9 Å². The summed E-state index contributed by atoms with van der Waals surface area (Å²) in [4.78, 5) is 52.8. The summed E-state index contributed by atoms with van der Waals surface area (Å²) in [5.41, 5.74) is 0. The van der Waals surface area contributed by atoms with E-state index in [0.717, 1.165) is 64.2 Å². The van der Waals surface area contributed by atoms with E-state index in [1.54, 1.807) is 6.08 Å². The van der Waals surface area contributed by atoms with Crippen LogP contribution in [0.2, 0.25) is 0 Å². The number of aliphatic hydroxyl groups is 3. The van der Waals surface area contributed by atoms with Crippen LogP contribution in [-0.2, 0) is 41.8 Å². The van der Waals surface area contributed by atoms with Crippen LogP contribution >= 0.6 is 15.6 Å². The van der Waals surface area contributed by atoms with E-state index in [1.807, 2.05) is 12.2 Å². The lowest BCUT2D eigenvalue weighted by Crippen LogP contribution is -2.30. The van der Waals surface area contributed by atoms with Crippen molar-refractivity contribution in [2.45, 2.75) is 167 Å². The number of esters is 2. The van der Waals surface area contributed by atoms with Gasteiger partial charge < -0.3 is 39.5 Å². The number of phosphoric acid groups is 2. The van der Waals surface area contributed by atoms with Gasteiger partial charge in [0.25, 0.3) is 0 Å². The van der Waals surface area contributed by atoms with Crippen LogP contribution in [0.4, 0.5) is 0 Å². The molecule has 17 heteroatoms. The molecule has 6 N–H and O–H groups in total. The smallest absolute Gasteiger partial charge is 0.462 e. The number of ether oxygens (including phenoxy) is 2. The van der Waals surface area contributed by atoms with Crippen molar-refractivity contribution in [3.8, 4) is 0 Å². The van der Waals surface area contributed by atoms with E-state index in [0.29, 0.717) is 12.8 Å². The van der Waals surface area contributed by atoms with Crippen LogP contribution in [0.5, 0.6) is 0 Å². The first-order valence-electron chi connectivity index (χ1n) is 22.4. The first-order valence-corrected chi connectivity index (χ1v) is 25.5. The number of carbonyl (C=O) groups is 2. The van der Waals surface area contributed by atoms with Crippen molar-refractivity contribution in [1.82, 2.24) is 0 Å². The number of aliphatic hydroxyl groups excluding tert-OH is 3. The average molecular weight is 933 g/mol. The Morgan fingerprint density at radius 3 is 1.59 bits per heavy atom. The minimum Gasteiger partial charge on any atom is -0.462 e. The van der Waals surface area contributed by atoms with Crippen LogP contribution in [0, 0.1) is 0 Å². The zero-order valence-electron chi connectivity index (χ0n) is 37.6. The van der Waals surface area contributed by atoms with Crippen LogP contribution in [0.3, 0.4) is 0 Å². The lowest BCUT2D eigenvalue weighted by atomic mass is 10.0. The molecule has 0 rings (SSSR count). The molecule has 0 aromatic rings. The molecule has 0 saturated carbocycles. The Labute approximate surface area is 376 Å². The Balaban J connectivity index is 4.79. The molecule has 63 heavy (non-hydrogen) atoms. The highest BCUT2D eigenvalue weighted by Gasteiger charge is 2.28. The Morgan fingerprint density at radius 1 is 0.524 bits per heavy atom. The molecule has 0 bridgehead atoms. The normalized spacial score (nSPS) is 15.7. The number of carbonyl (C=O) groups excluding carboxylic acids is 2. The molecule has 0 aliphatic rings. The molecule has 0 radical (unpaired) electrons. The molecule has 3 unspecified atom stereocenters. The molecular formula is C46H78O15P2. The van der Waals surface area contributed by atoms with E-state index in [4.69, 9.17) is 23.8 Å². The van der Waals surface area contributed by atoms with Gasteiger partial charge in [-0.3, -0.25) is 23.2 Å². The number of hydrogen-bond acceptors (Lipinski definition) is 12. The topological polar surface area (TPSA) is 236 Å². The van der Waals surface area contributed by atoms with Crippen molar-refractivity contribution in [3.05, 3.63) is 85.1 Å². The van der Waals surface area contributed by atoms with Crippen molar-refractivity contribution in [3.63, 3.8) is 0 Å². The maximum absolute atomic E-state index is 12.7. The van der Waals surface area contributed by atoms with Gasteiger partial charge in [-0.2, -0.15) is 0 Å². The number of hydrogen-bond donors (Lipinski definition) is 6. The van der Waals surface area contributed by atoms with Gasteiger partial charge in [0, 0.05) is 12.8 Å². The summed E-state index contributed by atoms with van der Waals surface area (Å²) in [6.07, 6.45) is 38.8. The molecule has 0 aliphatic heterocycles. The van der Waals surface area contributed by atoms with Gasteiger partial charge in [-0.1, -0.05) is 125 Å². The van der Waals surface area contributed by atoms with Crippen LogP contribution in [0.25, 0.3) is 0 Å². The average Bonchev–Trinajstić information content (AvgIpc) is 3.24. The molecule has 362 valence electrons. The second kappa shape index (κ2) is 40.7. The van der Waals surface area contributed by atoms with E-state index >= 15 is 0 Å². The quantitative estimate of drug-likeness (QED) is 0.0145. The molecule has 0 spiro atoms. The fourth-order valence-corrected chi connectivity index (χ4v) is 6.60. The molecular weight excluding hydrogens is 854 g/mol. The predicted molar refractivity (Wildman–Crippen MR) is 246 cm³/mol. The fourth-order valence-electron chi connectivity index (χ4n) is 5.44. The highest BCUT2D eigenvalue weighted by Crippen LogP contribution is 2.43. The van der Waals surface area contributed by atoms with Gasteiger partial charge in [0.15, 0.2) is 6.10 Å². The maximum Gasteiger partial charge on any atom is 0.472 e. The SMILES string of the molecule is CC/C=C\C/C=C\C/C=C\C/C=C\CCCCCCC(=O)O[C@H](COC(=O)CCCC(O)C(O)C/C=C\C/C=C\C/C=C\CCCCC)COP(=O)(O)OC[C@@H](O)COP(=O)(O)O. The number of allylic oxidation sites excluding steroid dienone is 13. The lowest BCUT2D eigenvalue weighted by molar-refractivity contribution is -0.161. The zero-order valence-corrected chi connectivity index (χ0v) is 39.4. The summed E-state index contributed by atoms with van der Waals surface area (Å²) in [6.45, 7) is 1.25. The summed E-state index contributed by atoms with van der Waals surface area (Å²) < 4.78 is 47.6. The molecule has 0 amide bonds. The van der Waals surface area contributed by atoms with Crippen LogP contribution in [0.1, 0.15) is 142 Å². The minimum atomic E-state index is -4.90. The summed E-state index contributed by atoms with van der Waals surface area (Å²) in [5.74, 6) is -1.35. The summed E-state index contributed by atoms with van der Waals surface area (Å²) >= 11 is 0. The highest BCUT2D eigenvalue weighted by molar-refractivity contribution is 7.47. The molecule has 0 aromatic heterocycles. The first kappa shape index (κ1) is 60.2. The number of phosphoric ester groups is 2. The molecule has 0 aliphatic carbocycles. The first-order chi connectivity index (χ1) is 30.2. The van der Waals surface area contributed by atoms with Crippen molar-refractivity contribution in [2.24, 2.45) is 0 Å². The third-order valence-electron chi connectivity index (χ3n) is 8.96. The Bertz CT molecular complexity index is 1470. The molecule has 0 saturated heterocycles. The van der Waals surface area contributed by atoms with Gasteiger partial charge in [0.1, 0.15) is 12.7 Å². The van der Waals surface area contributed by atoms with Crippen LogP contribution in [0.15, 0.2) is 85.1 Å². The van der Waals surface area contributed by atoms with E-state index in [-0.39, 0.29) is 32.1 Å². The lowest BCUT2D eigenvalue weighted by Gasteiger charge is -2.20. The third kappa shape index (κ3) is 42.9. The van der Waals surface area contributed by atoms with Crippen LogP contribution in [-0.4, -0.2) is 92.8 Å². The summed E-state index contributed by atoms with van der Waals surface area (Å²) in [5, 5.41) is 30.5. The fraction of sp³-hybridized carbons (Fsp3) is 0.652. The van der Waals surface area contributed by atoms with E-state index < -0.39 is 78.4 Å². The van der Waals surface area contributed by atoms with Crippen LogP contribution < -0.4 is 0 Å². The Kier molecular flexibility index (Phi) is 38.9. The molecule has 0 aromatic carbocycles. The molecule has 0 heterocycles. The van der Waals surface area contributed by atoms with Gasteiger partial charge in [0.2, 0.25) is 0 Å². The number of rotatable bonds is 41. The van der Waals surface area contributed by atoms with Gasteiger partial charge in [-0.05, 0) is 89.9 Å². The summed E-state index contributed by atoms with van der Waals surface area (Å²) in [6, 6.07) is 0. The third-order valence-corrected chi connectivity index (χ3v) is 10.4. The van der Waals surface area contributed by atoms with Gasteiger partial charge >= 0.3 is 27.6 Å². The van der Waals surface area contributed by atoms with Gasteiger partial charge in [-0.15, -0.1) is 0 Å². The molecule has 15 nitrogen and oxygen atoms in total. The van der Waals surface area contributed by atoms with Crippen molar-refractivity contribution in [1.29, 1.82) is 0 Å². The highest BCUT2D eigenvalue weighted by atomic mass is 31.2. The summed E-state index contributed by atoms with van der Waals surface area (Å²) in [7, 11) is -9.79. The monoisotopic (exact) mass is 932 g/mol. The van der Waals surface area contributed by atoms with E-state index in [1.165, 1.54) is 19.3 Å². The molecule has 5 atom stereocenters. The second-order valence-corrected chi connectivity index (χ2v) is 17.6. The Hall–Kier alpha value is -2.78. The zero-order chi connectivity index (χ0) is 46.9. The maximum atomic E-state index is 12.7.